The lowest BCUT2D eigenvalue weighted by Gasteiger charge is -2.29. The molecule has 1 N–H and O–H groups in total. The minimum Gasteiger partial charge on any atom is -0.462 e. The highest BCUT2D eigenvalue weighted by Crippen LogP contribution is 2.46. The number of benzene rings is 1. The lowest BCUT2D eigenvalue weighted by atomic mass is 9.81. The second kappa shape index (κ2) is 7.95. The van der Waals surface area contributed by atoms with Crippen molar-refractivity contribution in [1.82, 2.24) is 9.78 Å². The van der Waals surface area contributed by atoms with Gasteiger partial charge in [0, 0.05) is 24.2 Å². The summed E-state index contributed by atoms with van der Waals surface area (Å²) in [5.74, 6) is 0.123. The Kier molecular flexibility index (Phi) is 5.82. The number of aromatic nitrogens is 2. The molecule has 3 rings (SSSR count). The average Bonchev–Trinajstić information content (AvgIpc) is 2.96. The van der Waals surface area contributed by atoms with Crippen LogP contribution in [-0.4, -0.2) is 22.4 Å². The summed E-state index contributed by atoms with van der Waals surface area (Å²) in [6.07, 6.45) is 1.49. The van der Waals surface area contributed by atoms with Crippen molar-refractivity contribution in [3.63, 3.8) is 0 Å². The maximum atomic E-state index is 12.9. The van der Waals surface area contributed by atoms with Crippen molar-refractivity contribution in [2.45, 2.75) is 39.5 Å². The molecule has 0 spiro atoms. The first kappa shape index (κ1) is 19.8. The van der Waals surface area contributed by atoms with Crippen LogP contribution in [0.1, 0.15) is 49.9 Å². The van der Waals surface area contributed by atoms with Gasteiger partial charge in [0.1, 0.15) is 5.82 Å². The van der Waals surface area contributed by atoms with Crippen LogP contribution in [0.3, 0.4) is 0 Å². The standard InChI is InChI=1S/C20H23Cl2N3O2/c1-5-10-27-20(26)15-11(3)23-19-17(14(6-2)24-25(19)4)16(15)12-8-7-9-13(21)18(12)22/h7-9,16,23H,5-6,10H2,1-4H3. The molecule has 0 saturated carbocycles. The van der Waals surface area contributed by atoms with Crippen molar-refractivity contribution in [1.29, 1.82) is 0 Å². The molecule has 7 heteroatoms. The Morgan fingerprint density at radius 1 is 1.33 bits per heavy atom. The van der Waals surface area contributed by atoms with Gasteiger partial charge < -0.3 is 10.1 Å². The molecule has 0 amide bonds. The summed E-state index contributed by atoms with van der Waals surface area (Å²) in [5.41, 5.74) is 3.91. The molecule has 2 heterocycles. The normalized spacial score (nSPS) is 16.1. The molecule has 0 bridgehead atoms. The first-order valence-corrected chi connectivity index (χ1v) is 9.80. The molecule has 1 aliphatic rings. The van der Waals surface area contributed by atoms with Gasteiger partial charge in [-0.3, -0.25) is 4.68 Å². The predicted octanol–water partition coefficient (Wildman–Crippen LogP) is 5.07. The third kappa shape index (κ3) is 3.46. The number of allylic oxidation sites excluding steroid dienone is 1. The van der Waals surface area contributed by atoms with E-state index in [9.17, 15) is 4.79 Å². The molecule has 27 heavy (non-hydrogen) atoms. The van der Waals surface area contributed by atoms with Gasteiger partial charge >= 0.3 is 5.97 Å². The number of fused-ring (bicyclic) bond motifs is 1. The monoisotopic (exact) mass is 407 g/mol. The van der Waals surface area contributed by atoms with Gasteiger partial charge in [0.05, 0.1) is 27.9 Å². The molecule has 0 aliphatic carbocycles. The molecule has 2 aromatic rings. The number of nitrogens with zero attached hydrogens (tertiary/aromatic N) is 2. The Morgan fingerprint density at radius 3 is 2.74 bits per heavy atom. The number of ether oxygens (including phenoxy) is 1. The summed E-state index contributed by atoms with van der Waals surface area (Å²) in [5, 5.41) is 8.85. The van der Waals surface area contributed by atoms with Crippen LogP contribution in [0.15, 0.2) is 29.5 Å². The highest BCUT2D eigenvalue weighted by atomic mass is 35.5. The summed E-state index contributed by atoms with van der Waals surface area (Å²) < 4.78 is 7.28. The van der Waals surface area contributed by atoms with Crippen LogP contribution in [0.4, 0.5) is 5.82 Å². The van der Waals surface area contributed by atoms with Gasteiger partial charge in [-0.15, -0.1) is 0 Å². The molecule has 0 fully saturated rings. The van der Waals surface area contributed by atoms with E-state index >= 15 is 0 Å². The molecule has 1 aliphatic heterocycles. The third-order valence-corrected chi connectivity index (χ3v) is 5.57. The number of anilines is 1. The summed E-state index contributed by atoms with van der Waals surface area (Å²) in [7, 11) is 1.88. The average molecular weight is 408 g/mol. The van der Waals surface area contributed by atoms with Crippen LogP contribution in [0.2, 0.25) is 10.0 Å². The SMILES string of the molecule is CCCOC(=O)C1=C(C)Nc2c(c(CC)nn2C)C1c1cccc(Cl)c1Cl. The van der Waals surface area contributed by atoms with Gasteiger partial charge in [0.2, 0.25) is 0 Å². The Bertz CT molecular complexity index is 918. The Labute approximate surface area is 169 Å². The van der Waals surface area contributed by atoms with E-state index in [-0.39, 0.29) is 11.9 Å². The third-order valence-electron chi connectivity index (χ3n) is 4.73. The van der Waals surface area contributed by atoms with Crippen molar-refractivity contribution < 1.29 is 9.53 Å². The smallest absolute Gasteiger partial charge is 0.336 e. The van der Waals surface area contributed by atoms with Gasteiger partial charge in [-0.2, -0.15) is 5.10 Å². The molecule has 144 valence electrons. The van der Waals surface area contributed by atoms with Crippen LogP contribution >= 0.6 is 23.2 Å². The Balaban J connectivity index is 2.25. The van der Waals surface area contributed by atoms with Crippen molar-refractivity contribution >= 4 is 35.0 Å². The topological polar surface area (TPSA) is 56.1 Å². The van der Waals surface area contributed by atoms with E-state index in [4.69, 9.17) is 27.9 Å². The largest absolute Gasteiger partial charge is 0.462 e. The second-order valence-electron chi connectivity index (χ2n) is 6.56. The number of hydrogen-bond donors (Lipinski definition) is 1. The number of carbonyl (C=O) groups is 1. The summed E-state index contributed by atoms with van der Waals surface area (Å²) in [6.45, 7) is 6.24. The van der Waals surface area contributed by atoms with Crippen LogP contribution < -0.4 is 5.32 Å². The quantitative estimate of drug-likeness (QED) is 0.702. The number of nitrogens with one attached hydrogen (secondary N) is 1. The highest BCUT2D eigenvalue weighted by molar-refractivity contribution is 6.42. The minimum absolute atomic E-state index is 0.348. The van der Waals surface area contributed by atoms with Crippen molar-refractivity contribution in [3.05, 3.63) is 56.3 Å². The van der Waals surface area contributed by atoms with E-state index in [1.807, 2.05) is 40.0 Å². The zero-order valence-electron chi connectivity index (χ0n) is 15.9. The number of halogens is 2. The Morgan fingerprint density at radius 2 is 2.07 bits per heavy atom. The lowest BCUT2D eigenvalue weighted by molar-refractivity contribution is -0.139. The first-order valence-electron chi connectivity index (χ1n) is 9.05. The van der Waals surface area contributed by atoms with Gasteiger partial charge in [-0.1, -0.05) is 49.2 Å². The number of hydrogen-bond acceptors (Lipinski definition) is 4. The van der Waals surface area contributed by atoms with Gasteiger partial charge in [-0.25, -0.2) is 4.79 Å². The van der Waals surface area contributed by atoms with Crippen LogP contribution in [-0.2, 0) is 23.0 Å². The van der Waals surface area contributed by atoms with Gasteiger partial charge in [-0.05, 0) is 31.4 Å². The van der Waals surface area contributed by atoms with Crippen molar-refractivity contribution in [2.75, 3.05) is 11.9 Å². The fraction of sp³-hybridized carbons (Fsp3) is 0.400. The molecule has 0 radical (unpaired) electrons. The molecular formula is C20H23Cl2N3O2. The van der Waals surface area contributed by atoms with E-state index in [2.05, 4.69) is 10.4 Å². The van der Waals surface area contributed by atoms with E-state index < -0.39 is 0 Å². The molecular weight excluding hydrogens is 385 g/mol. The first-order chi connectivity index (χ1) is 12.9. The van der Waals surface area contributed by atoms with E-state index in [0.717, 1.165) is 41.2 Å². The summed E-state index contributed by atoms with van der Waals surface area (Å²) in [6, 6.07) is 5.49. The van der Waals surface area contributed by atoms with Gasteiger partial charge in [0.15, 0.2) is 0 Å². The molecule has 1 aromatic heterocycles. The number of carbonyl (C=O) groups excluding carboxylic acids is 1. The number of aryl methyl sites for hydroxylation is 2. The molecule has 1 atom stereocenters. The van der Waals surface area contributed by atoms with E-state index in [1.165, 1.54) is 0 Å². The fourth-order valence-electron chi connectivity index (χ4n) is 3.51. The zero-order valence-corrected chi connectivity index (χ0v) is 17.4. The van der Waals surface area contributed by atoms with Crippen LogP contribution in [0, 0.1) is 0 Å². The molecule has 0 saturated heterocycles. The number of rotatable bonds is 5. The zero-order chi connectivity index (χ0) is 19.7. The highest BCUT2D eigenvalue weighted by Gasteiger charge is 2.38. The number of esters is 1. The lowest BCUT2D eigenvalue weighted by Crippen LogP contribution is -2.25. The van der Waals surface area contributed by atoms with Gasteiger partial charge in [0.25, 0.3) is 0 Å². The van der Waals surface area contributed by atoms with Crippen LogP contribution in [0.5, 0.6) is 0 Å². The summed E-state index contributed by atoms with van der Waals surface area (Å²) in [4.78, 5) is 12.9. The minimum atomic E-state index is -0.388. The maximum Gasteiger partial charge on any atom is 0.336 e. The van der Waals surface area contributed by atoms with Crippen LogP contribution in [0.25, 0.3) is 0 Å². The Hall–Kier alpha value is -1.98. The predicted molar refractivity (Wildman–Crippen MR) is 108 cm³/mol. The van der Waals surface area contributed by atoms with E-state index in [1.54, 1.807) is 10.7 Å². The molecule has 1 aromatic carbocycles. The fourth-order valence-corrected chi connectivity index (χ4v) is 3.93. The van der Waals surface area contributed by atoms with E-state index in [0.29, 0.717) is 22.2 Å². The van der Waals surface area contributed by atoms with Crippen molar-refractivity contribution in [3.8, 4) is 0 Å². The second-order valence-corrected chi connectivity index (χ2v) is 7.35. The molecule has 5 nitrogen and oxygen atoms in total. The molecule has 1 unspecified atom stereocenters. The van der Waals surface area contributed by atoms with Crippen molar-refractivity contribution in [2.24, 2.45) is 7.05 Å². The summed E-state index contributed by atoms with van der Waals surface area (Å²) >= 11 is 12.8. The maximum absolute atomic E-state index is 12.9.